The number of aliphatic hydroxyl groups is 1. The molecular formula is C27H33N3O4. The first-order chi connectivity index (χ1) is 16.3. The molecule has 0 aliphatic carbocycles. The number of carbonyl (C=O) groups is 2. The number of β-amino-alcohol motifs (C(OH)–C–C–N with tert-alkyl or cyclic N) is 1. The third-order valence-electron chi connectivity index (χ3n) is 6.08. The highest BCUT2D eigenvalue weighted by atomic mass is 16.5. The van der Waals surface area contributed by atoms with E-state index in [4.69, 9.17) is 4.74 Å². The van der Waals surface area contributed by atoms with Crippen LogP contribution in [0, 0.1) is 5.41 Å². The first-order valence-corrected chi connectivity index (χ1v) is 11.8. The van der Waals surface area contributed by atoms with Crippen LogP contribution in [0.5, 0.6) is 0 Å². The predicted octanol–water partition coefficient (Wildman–Crippen LogP) is 3.28. The van der Waals surface area contributed by atoms with Gasteiger partial charge in [0, 0.05) is 42.7 Å². The van der Waals surface area contributed by atoms with Crippen LogP contribution in [-0.4, -0.2) is 71.8 Å². The Bertz CT molecular complexity index is 1160. The van der Waals surface area contributed by atoms with Crippen LogP contribution in [0.4, 0.5) is 0 Å². The SMILES string of the molecule is CC(C)(C)C(=O)c1c(C(=O)NCC(O)CN2CCOCC2)n(-c2ccccc2)c2ccccc12. The van der Waals surface area contributed by atoms with Gasteiger partial charge in [0.15, 0.2) is 5.78 Å². The van der Waals surface area contributed by atoms with Crippen LogP contribution in [0.15, 0.2) is 54.6 Å². The Morgan fingerprint density at radius 3 is 2.35 bits per heavy atom. The number of aliphatic hydroxyl groups excluding tert-OH is 1. The number of hydrogen-bond acceptors (Lipinski definition) is 5. The highest BCUT2D eigenvalue weighted by molar-refractivity contribution is 6.18. The lowest BCUT2D eigenvalue weighted by molar-refractivity contribution is 0.0149. The molecule has 1 atom stereocenters. The first-order valence-electron chi connectivity index (χ1n) is 11.8. The lowest BCUT2D eigenvalue weighted by Crippen LogP contribution is -2.44. The Hall–Kier alpha value is -3.00. The average molecular weight is 464 g/mol. The molecule has 1 saturated heterocycles. The quantitative estimate of drug-likeness (QED) is 0.526. The van der Waals surface area contributed by atoms with E-state index in [0.29, 0.717) is 31.0 Å². The molecule has 180 valence electrons. The normalized spacial score (nSPS) is 15.9. The topological polar surface area (TPSA) is 83.8 Å². The molecule has 1 aliphatic rings. The standard InChI is InChI=1S/C27H33N3O4/c1-27(2,3)25(32)23-21-11-7-8-12-22(21)30(19-9-5-4-6-10-19)24(23)26(33)28-17-20(31)18-29-13-15-34-16-14-29/h4-12,20,31H,13-18H2,1-3H3,(H,28,33). The van der Waals surface area contributed by atoms with Crippen molar-refractivity contribution < 1.29 is 19.4 Å². The molecule has 1 fully saturated rings. The van der Waals surface area contributed by atoms with E-state index in [0.717, 1.165) is 29.7 Å². The summed E-state index contributed by atoms with van der Waals surface area (Å²) in [5.41, 5.74) is 1.63. The van der Waals surface area contributed by atoms with Gasteiger partial charge >= 0.3 is 0 Å². The predicted molar refractivity (Wildman–Crippen MR) is 133 cm³/mol. The van der Waals surface area contributed by atoms with Gasteiger partial charge in [0.25, 0.3) is 5.91 Å². The molecule has 1 amide bonds. The van der Waals surface area contributed by atoms with Gasteiger partial charge in [0.1, 0.15) is 5.69 Å². The molecule has 7 heteroatoms. The first kappa shape index (κ1) is 24.1. The Balaban J connectivity index is 1.72. The zero-order valence-corrected chi connectivity index (χ0v) is 20.1. The van der Waals surface area contributed by atoms with Gasteiger partial charge in [0.2, 0.25) is 0 Å². The molecule has 2 heterocycles. The monoisotopic (exact) mass is 463 g/mol. The third kappa shape index (κ3) is 5.06. The number of fused-ring (bicyclic) bond motifs is 1. The van der Waals surface area contributed by atoms with E-state index in [9.17, 15) is 14.7 Å². The van der Waals surface area contributed by atoms with Gasteiger partial charge in [0.05, 0.1) is 30.4 Å². The maximum absolute atomic E-state index is 13.6. The smallest absolute Gasteiger partial charge is 0.269 e. The van der Waals surface area contributed by atoms with Gasteiger partial charge in [-0.25, -0.2) is 0 Å². The number of ether oxygens (including phenoxy) is 1. The van der Waals surface area contributed by atoms with Crippen molar-refractivity contribution in [2.75, 3.05) is 39.4 Å². The van der Waals surface area contributed by atoms with E-state index in [-0.39, 0.29) is 18.2 Å². The number of nitrogens with zero attached hydrogens (tertiary/aromatic N) is 2. The van der Waals surface area contributed by atoms with E-state index >= 15 is 0 Å². The number of morpholine rings is 1. The molecule has 0 spiro atoms. The highest BCUT2D eigenvalue weighted by Gasteiger charge is 2.33. The van der Waals surface area contributed by atoms with Crippen LogP contribution in [0.3, 0.4) is 0 Å². The summed E-state index contributed by atoms with van der Waals surface area (Å²) in [6.07, 6.45) is -0.724. The Morgan fingerprint density at radius 1 is 1.03 bits per heavy atom. The van der Waals surface area contributed by atoms with Crippen LogP contribution in [0.1, 0.15) is 41.6 Å². The minimum atomic E-state index is -0.724. The second-order valence-electron chi connectivity index (χ2n) is 9.77. The van der Waals surface area contributed by atoms with Crippen LogP contribution in [0.25, 0.3) is 16.6 Å². The summed E-state index contributed by atoms with van der Waals surface area (Å²) in [5.74, 6) is -0.480. The van der Waals surface area contributed by atoms with E-state index in [2.05, 4.69) is 10.2 Å². The summed E-state index contributed by atoms with van der Waals surface area (Å²) in [6, 6.07) is 17.2. The van der Waals surface area contributed by atoms with Gasteiger partial charge in [-0.3, -0.25) is 14.5 Å². The summed E-state index contributed by atoms with van der Waals surface area (Å²) in [7, 11) is 0. The molecular weight excluding hydrogens is 430 g/mol. The van der Waals surface area contributed by atoms with Crippen molar-refractivity contribution in [1.82, 2.24) is 14.8 Å². The molecule has 4 rings (SSSR count). The number of Topliss-reactive ketones (excluding diaryl/α,β-unsaturated/α-hetero) is 1. The van der Waals surface area contributed by atoms with Crippen molar-refractivity contribution in [2.24, 2.45) is 5.41 Å². The maximum Gasteiger partial charge on any atom is 0.269 e. The van der Waals surface area contributed by atoms with Crippen LogP contribution < -0.4 is 5.32 Å². The molecule has 2 aromatic carbocycles. The number of para-hydroxylation sites is 2. The van der Waals surface area contributed by atoms with Crippen molar-refractivity contribution in [3.8, 4) is 5.69 Å². The van der Waals surface area contributed by atoms with Crippen molar-refractivity contribution in [1.29, 1.82) is 0 Å². The highest BCUT2D eigenvalue weighted by Crippen LogP contribution is 2.34. The molecule has 0 radical (unpaired) electrons. The van der Waals surface area contributed by atoms with Crippen LogP contribution in [-0.2, 0) is 4.74 Å². The molecule has 34 heavy (non-hydrogen) atoms. The summed E-state index contributed by atoms with van der Waals surface area (Å²) < 4.78 is 7.20. The zero-order valence-electron chi connectivity index (χ0n) is 20.1. The summed E-state index contributed by atoms with van der Waals surface area (Å²) in [4.78, 5) is 29.3. The third-order valence-corrected chi connectivity index (χ3v) is 6.08. The van der Waals surface area contributed by atoms with Gasteiger partial charge < -0.3 is 19.7 Å². The fourth-order valence-electron chi connectivity index (χ4n) is 4.35. The molecule has 0 bridgehead atoms. The van der Waals surface area contributed by atoms with E-state index in [1.807, 2.05) is 79.9 Å². The number of benzene rings is 2. The molecule has 3 aromatic rings. The van der Waals surface area contributed by atoms with Crippen LogP contribution in [0.2, 0.25) is 0 Å². The largest absolute Gasteiger partial charge is 0.390 e. The lowest BCUT2D eigenvalue weighted by Gasteiger charge is -2.28. The van der Waals surface area contributed by atoms with E-state index in [1.165, 1.54) is 0 Å². The molecule has 2 N–H and O–H groups in total. The number of carbonyl (C=O) groups excluding carboxylic acids is 2. The fourth-order valence-corrected chi connectivity index (χ4v) is 4.35. The minimum Gasteiger partial charge on any atom is -0.390 e. The second-order valence-corrected chi connectivity index (χ2v) is 9.77. The molecule has 1 aromatic heterocycles. The number of hydrogen-bond donors (Lipinski definition) is 2. The molecule has 1 unspecified atom stereocenters. The molecule has 1 aliphatic heterocycles. The number of amides is 1. The van der Waals surface area contributed by atoms with Gasteiger partial charge in [-0.15, -0.1) is 0 Å². The molecule has 0 saturated carbocycles. The minimum absolute atomic E-state index is 0.0929. The van der Waals surface area contributed by atoms with Gasteiger partial charge in [-0.05, 0) is 18.2 Å². The summed E-state index contributed by atoms with van der Waals surface area (Å²) in [6.45, 7) is 8.94. The van der Waals surface area contributed by atoms with E-state index in [1.54, 1.807) is 0 Å². The summed E-state index contributed by atoms with van der Waals surface area (Å²) in [5, 5.41) is 14.2. The fraction of sp³-hybridized carbons (Fsp3) is 0.407. The number of ketones is 1. The van der Waals surface area contributed by atoms with Crippen molar-refractivity contribution in [2.45, 2.75) is 26.9 Å². The average Bonchev–Trinajstić information content (AvgIpc) is 3.18. The second kappa shape index (κ2) is 10.1. The lowest BCUT2D eigenvalue weighted by atomic mass is 9.85. The van der Waals surface area contributed by atoms with E-state index < -0.39 is 11.5 Å². The van der Waals surface area contributed by atoms with Crippen molar-refractivity contribution >= 4 is 22.6 Å². The van der Waals surface area contributed by atoms with Crippen molar-refractivity contribution in [3.05, 3.63) is 65.9 Å². The summed E-state index contributed by atoms with van der Waals surface area (Å²) >= 11 is 0. The Kier molecular flexibility index (Phi) is 7.16. The number of aromatic nitrogens is 1. The van der Waals surface area contributed by atoms with Gasteiger partial charge in [-0.2, -0.15) is 0 Å². The number of nitrogens with one attached hydrogen (secondary N) is 1. The van der Waals surface area contributed by atoms with Crippen molar-refractivity contribution in [3.63, 3.8) is 0 Å². The Morgan fingerprint density at radius 2 is 1.68 bits per heavy atom. The maximum atomic E-state index is 13.6. The molecule has 7 nitrogen and oxygen atoms in total. The Labute approximate surface area is 200 Å². The van der Waals surface area contributed by atoms with Crippen LogP contribution >= 0.6 is 0 Å². The van der Waals surface area contributed by atoms with Gasteiger partial charge in [-0.1, -0.05) is 57.2 Å². The number of rotatable bonds is 7. The zero-order chi connectivity index (χ0) is 24.3.